The third kappa shape index (κ3) is 3.26. The summed E-state index contributed by atoms with van der Waals surface area (Å²) in [7, 11) is 0. The fourth-order valence-electron chi connectivity index (χ4n) is 2.48. The highest BCUT2D eigenvalue weighted by molar-refractivity contribution is 5.57. The fraction of sp³-hybridized carbons (Fsp3) is 0.375. The standard InChI is InChI=1S/C16H18FNO2/c17-13-7-5-12(6-8-13)16-10-9-15(19-16)11-18-20-14-3-1-2-4-14/h5-10,14,18H,1-4,11H2. The van der Waals surface area contributed by atoms with Gasteiger partial charge in [-0.2, -0.15) is 5.48 Å². The summed E-state index contributed by atoms with van der Waals surface area (Å²) in [4.78, 5) is 5.58. The van der Waals surface area contributed by atoms with Gasteiger partial charge in [0.15, 0.2) is 0 Å². The topological polar surface area (TPSA) is 34.4 Å². The van der Waals surface area contributed by atoms with Crippen molar-refractivity contribution in [2.75, 3.05) is 0 Å². The van der Waals surface area contributed by atoms with Gasteiger partial charge in [-0.05, 0) is 49.2 Å². The van der Waals surface area contributed by atoms with E-state index in [0.717, 1.165) is 29.9 Å². The number of halogens is 1. The Hall–Kier alpha value is -1.65. The molecule has 1 saturated carbocycles. The summed E-state index contributed by atoms with van der Waals surface area (Å²) in [5, 5.41) is 0. The summed E-state index contributed by atoms with van der Waals surface area (Å²) in [5.41, 5.74) is 3.83. The Balaban J connectivity index is 1.55. The summed E-state index contributed by atoms with van der Waals surface area (Å²) in [5.74, 6) is 1.30. The zero-order valence-electron chi connectivity index (χ0n) is 11.3. The lowest BCUT2D eigenvalue weighted by atomic mass is 10.2. The number of benzene rings is 1. The van der Waals surface area contributed by atoms with Gasteiger partial charge in [-0.15, -0.1) is 0 Å². The van der Waals surface area contributed by atoms with E-state index >= 15 is 0 Å². The molecular weight excluding hydrogens is 257 g/mol. The molecule has 1 fully saturated rings. The van der Waals surface area contributed by atoms with Gasteiger partial charge in [-0.1, -0.05) is 12.8 Å². The van der Waals surface area contributed by atoms with Crippen molar-refractivity contribution in [2.24, 2.45) is 0 Å². The summed E-state index contributed by atoms with van der Waals surface area (Å²) >= 11 is 0. The minimum atomic E-state index is -0.243. The molecule has 1 N–H and O–H groups in total. The molecule has 0 amide bonds. The van der Waals surface area contributed by atoms with Crippen LogP contribution in [0.3, 0.4) is 0 Å². The van der Waals surface area contributed by atoms with Crippen LogP contribution in [0, 0.1) is 5.82 Å². The van der Waals surface area contributed by atoms with Crippen molar-refractivity contribution in [3.05, 3.63) is 48.0 Å². The largest absolute Gasteiger partial charge is 0.460 e. The maximum Gasteiger partial charge on any atom is 0.134 e. The quantitative estimate of drug-likeness (QED) is 0.836. The van der Waals surface area contributed by atoms with Gasteiger partial charge in [-0.25, -0.2) is 4.39 Å². The second-order valence-electron chi connectivity index (χ2n) is 5.12. The van der Waals surface area contributed by atoms with Crippen LogP contribution < -0.4 is 5.48 Å². The maximum absolute atomic E-state index is 12.9. The lowest BCUT2D eigenvalue weighted by molar-refractivity contribution is -0.0267. The van der Waals surface area contributed by atoms with Crippen molar-refractivity contribution in [2.45, 2.75) is 38.3 Å². The van der Waals surface area contributed by atoms with E-state index in [1.165, 1.54) is 25.0 Å². The third-order valence-electron chi connectivity index (χ3n) is 3.59. The van der Waals surface area contributed by atoms with E-state index in [1.807, 2.05) is 12.1 Å². The first kappa shape index (κ1) is 13.3. The van der Waals surface area contributed by atoms with Crippen LogP contribution in [-0.4, -0.2) is 6.10 Å². The molecule has 0 atom stereocenters. The minimum absolute atomic E-state index is 0.243. The average molecular weight is 275 g/mol. The molecule has 0 radical (unpaired) electrons. The molecule has 1 aromatic heterocycles. The van der Waals surface area contributed by atoms with Crippen molar-refractivity contribution in [3.8, 4) is 11.3 Å². The smallest absolute Gasteiger partial charge is 0.134 e. The lowest BCUT2D eigenvalue weighted by Crippen LogP contribution is -2.20. The van der Waals surface area contributed by atoms with Crippen LogP contribution in [0.4, 0.5) is 4.39 Å². The number of rotatable bonds is 5. The first-order valence-electron chi connectivity index (χ1n) is 7.04. The van der Waals surface area contributed by atoms with E-state index in [9.17, 15) is 4.39 Å². The zero-order valence-corrected chi connectivity index (χ0v) is 11.3. The number of hydrogen-bond acceptors (Lipinski definition) is 3. The van der Waals surface area contributed by atoms with Crippen LogP contribution >= 0.6 is 0 Å². The van der Waals surface area contributed by atoms with E-state index in [1.54, 1.807) is 12.1 Å². The third-order valence-corrected chi connectivity index (χ3v) is 3.59. The molecule has 0 spiro atoms. The van der Waals surface area contributed by atoms with E-state index < -0.39 is 0 Å². The van der Waals surface area contributed by atoms with E-state index in [-0.39, 0.29) is 5.82 Å². The molecule has 20 heavy (non-hydrogen) atoms. The first-order valence-corrected chi connectivity index (χ1v) is 7.04. The highest BCUT2D eigenvalue weighted by atomic mass is 19.1. The Morgan fingerprint density at radius 3 is 2.60 bits per heavy atom. The van der Waals surface area contributed by atoms with Gasteiger partial charge in [0.25, 0.3) is 0 Å². The van der Waals surface area contributed by atoms with Gasteiger partial charge in [0.1, 0.15) is 17.3 Å². The van der Waals surface area contributed by atoms with Crippen molar-refractivity contribution in [1.82, 2.24) is 5.48 Å². The number of hydroxylamine groups is 1. The first-order chi connectivity index (χ1) is 9.81. The van der Waals surface area contributed by atoms with Gasteiger partial charge in [-0.3, -0.25) is 4.84 Å². The van der Waals surface area contributed by atoms with E-state index in [4.69, 9.17) is 9.25 Å². The molecule has 0 unspecified atom stereocenters. The van der Waals surface area contributed by atoms with Gasteiger partial charge >= 0.3 is 0 Å². The summed E-state index contributed by atoms with van der Waals surface area (Å²) in [6, 6.07) is 10.1. The van der Waals surface area contributed by atoms with Crippen LogP contribution in [0.15, 0.2) is 40.8 Å². The van der Waals surface area contributed by atoms with Gasteiger partial charge in [0, 0.05) is 5.56 Å². The Kier molecular flexibility index (Phi) is 4.14. The molecule has 2 aromatic rings. The molecule has 4 heteroatoms. The lowest BCUT2D eigenvalue weighted by Gasteiger charge is -2.10. The van der Waals surface area contributed by atoms with E-state index in [2.05, 4.69) is 5.48 Å². The molecular formula is C16H18FNO2. The van der Waals surface area contributed by atoms with Crippen LogP contribution in [0.5, 0.6) is 0 Å². The molecule has 0 saturated heterocycles. The molecule has 1 aliphatic rings. The highest BCUT2D eigenvalue weighted by Gasteiger charge is 2.15. The van der Waals surface area contributed by atoms with E-state index in [0.29, 0.717) is 12.6 Å². The normalized spacial score (nSPS) is 15.8. The summed E-state index contributed by atoms with van der Waals surface area (Å²) < 4.78 is 18.6. The molecule has 1 aromatic carbocycles. The van der Waals surface area contributed by atoms with Crippen molar-refractivity contribution < 1.29 is 13.6 Å². The molecule has 3 rings (SSSR count). The summed E-state index contributed by atoms with van der Waals surface area (Å²) in [6.07, 6.45) is 5.10. The van der Waals surface area contributed by atoms with Crippen LogP contribution in [0.1, 0.15) is 31.4 Å². The Labute approximate surface area is 117 Å². The van der Waals surface area contributed by atoms with Crippen molar-refractivity contribution >= 4 is 0 Å². The highest BCUT2D eigenvalue weighted by Crippen LogP contribution is 2.23. The molecule has 106 valence electrons. The fourth-order valence-corrected chi connectivity index (χ4v) is 2.48. The molecule has 0 aliphatic heterocycles. The van der Waals surface area contributed by atoms with Crippen LogP contribution in [0.25, 0.3) is 11.3 Å². The van der Waals surface area contributed by atoms with Gasteiger partial charge in [0.2, 0.25) is 0 Å². The zero-order chi connectivity index (χ0) is 13.8. The second-order valence-corrected chi connectivity index (χ2v) is 5.12. The average Bonchev–Trinajstić information content (AvgIpc) is 3.11. The molecule has 1 heterocycles. The number of nitrogens with one attached hydrogen (secondary N) is 1. The molecule has 0 bridgehead atoms. The molecule has 3 nitrogen and oxygen atoms in total. The predicted molar refractivity (Wildman–Crippen MR) is 74.3 cm³/mol. The van der Waals surface area contributed by atoms with Crippen LogP contribution in [0.2, 0.25) is 0 Å². The second kappa shape index (κ2) is 6.20. The monoisotopic (exact) mass is 275 g/mol. The number of furan rings is 1. The van der Waals surface area contributed by atoms with Crippen molar-refractivity contribution in [1.29, 1.82) is 0 Å². The molecule has 1 aliphatic carbocycles. The Morgan fingerprint density at radius 2 is 1.85 bits per heavy atom. The SMILES string of the molecule is Fc1ccc(-c2ccc(CNOC3CCCC3)o2)cc1. The predicted octanol–water partition coefficient (Wildman–Crippen LogP) is 4.05. The Bertz CT molecular complexity index is 544. The van der Waals surface area contributed by atoms with Gasteiger partial charge < -0.3 is 4.42 Å². The minimum Gasteiger partial charge on any atom is -0.460 e. The summed E-state index contributed by atoms with van der Waals surface area (Å²) in [6.45, 7) is 0.539. The number of hydrogen-bond donors (Lipinski definition) is 1. The van der Waals surface area contributed by atoms with Crippen LogP contribution in [-0.2, 0) is 11.4 Å². The van der Waals surface area contributed by atoms with Crippen molar-refractivity contribution in [3.63, 3.8) is 0 Å². The van der Waals surface area contributed by atoms with Gasteiger partial charge in [0.05, 0.1) is 12.6 Å². The maximum atomic E-state index is 12.9. The Morgan fingerprint density at radius 1 is 1.10 bits per heavy atom.